The predicted molar refractivity (Wildman–Crippen MR) is 56.4 cm³/mol. The molecular weight excluding hydrogens is 200 g/mol. The number of anilines is 1. The van der Waals surface area contributed by atoms with Crippen LogP contribution in [0.4, 0.5) is 5.13 Å². The lowest BCUT2D eigenvalue weighted by molar-refractivity contribution is 0.384. The van der Waals surface area contributed by atoms with E-state index < -0.39 is 0 Å². The van der Waals surface area contributed by atoms with Crippen LogP contribution in [0.25, 0.3) is 0 Å². The fourth-order valence-electron chi connectivity index (χ4n) is 1.20. The Bertz CT molecular complexity index is 321. The number of hydrogen-bond donors (Lipinski definition) is 0. The highest BCUT2D eigenvalue weighted by atomic mass is 32.1. The molecule has 1 fully saturated rings. The van der Waals surface area contributed by atoms with Gasteiger partial charge in [0.05, 0.1) is 24.7 Å². The van der Waals surface area contributed by atoms with Gasteiger partial charge in [-0.05, 0) is 0 Å². The van der Waals surface area contributed by atoms with E-state index >= 15 is 0 Å². The molecule has 1 atom stereocenters. The summed E-state index contributed by atoms with van der Waals surface area (Å²) in [5, 5.41) is 0.984. The Morgan fingerprint density at radius 2 is 2.36 bits per heavy atom. The van der Waals surface area contributed by atoms with Crippen molar-refractivity contribution in [2.45, 2.75) is 12.5 Å². The third-order valence-corrected chi connectivity index (χ3v) is 3.27. The van der Waals surface area contributed by atoms with Crippen molar-refractivity contribution >= 4 is 16.5 Å². The summed E-state index contributed by atoms with van der Waals surface area (Å²) in [7, 11) is 5.62. The molecule has 78 valence electrons. The first-order chi connectivity index (χ1) is 6.70. The third-order valence-electron chi connectivity index (χ3n) is 2.04. The van der Waals surface area contributed by atoms with Crippen LogP contribution in [-0.2, 0) is 11.2 Å². The number of nitrogens with zero attached hydrogens (tertiary/aromatic N) is 2. The van der Waals surface area contributed by atoms with E-state index in [0.717, 1.165) is 24.0 Å². The molecule has 0 aromatic carbocycles. The second kappa shape index (κ2) is 3.74. The van der Waals surface area contributed by atoms with E-state index in [4.69, 9.17) is 9.47 Å². The zero-order chi connectivity index (χ0) is 10.1. The third kappa shape index (κ3) is 1.99. The van der Waals surface area contributed by atoms with Crippen LogP contribution >= 0.6 is 11.3 Å². The molecule has 0 radical (unpaired) electrons. The molecule has 0 saturated carbocycles. The summed E-state index contributed by atoms with van der Waals surface area (Å²) in [6, 6.07) is 0. The average Bonchev–Trinajstić information content (AvgIpc) is 2.84. The second-order valence-electron chi connectivity index (χ2n) is 3.48. The van der Waals surface area contributed by atoms with Crippen molar-refractivity contribution in [3.8, 4) is 5.88 Å². The number of ether oxygens (including phenoxy) is 2. The lowest BCUT2D eigenvalue weighted by Crippen LogP contribution is -2.07. The van der Waals surface area contributed by atoms with Crippen LogP contribution in [0.5, 0.6) is 5.88 Å². The summed E-state index contributed by atoms with van der Waals surface area (Å²) in [6.45, 7) is 0.873. The van der Waals surface area contributed by atoms with E-state index in [-0.39, 0.29) is 0 Å². The maximum atomic E-state index is 5.22. The summed E-state index contributed by atoms with van der Waals surface area (Å²) >= 11 is 1.67. The van der Waals surface area contributed by atoms with Crippen LogP contribution in [0, 0.1) is 0 Å². The number of methoxy groups -OCH3 is 1. The lowest BCUT2D eigenvalue weighted by Gasteiger charge is -2.04. The number of rotatable bonds is 4. The molecule has 0 N–H and O–H groups in total. The Balaban J connectivity index is 2.17. The molecule has 0 aliphatic carbocycles. The molecule has 0 bridgehead atoms. The Morgan fingerprint density at radius 3 is 2.86 bits per heavy atom. The van der Waals surface area contributed by atoms with Crippen molar-refractivity contribution in [3.63, 3.8) is 0 Å². The Morgan fingerprint density at radius 1 is 1.64 bits per heavy atom. The molecule has 14 heavy (non-hydrogen) atoms. The molecule has 4 nitrogen and oxygen atoms in total. The second-order valence-corrected chi connectivity index (χ2v) is 4.54. The zero-order valence-corrected chi connectivity index (χ0v) is 9.43. The number of hydrogen-bond acceptors (Lipinski definition) is 5. The summed E-state index contributed by atoms with van der Waals surface area (Å²) in [6.07, 6.45) is 1.31. The summed E-state index contributed by atoms with van der Waals surface area (Å²) in [5.41, 5.74) is 0. The van der Waals surface area contributed by atoms with Crippen molar-refractivity contribution in [1.82, 2.24) is 4.98 Å². The van der Waals surface area contributed by atoms with E-state index in [2.05, 4.69) is 4.98 Å². The number of epoxide rings is 1. The maximum Gasteiger partial charge on any atom is 0.229 e. The van der Waals surface area contributed by atoms with Gasteiger partial charge in [-0.25, -0.2) is 0 Å². The highest BCUT2D eigenvalue weighted by Crippen LogP contribution is 2.33. The Kier molecular flexibility index (Phi) is 2.60. The summed E-state index contributed by atoms with van der Waals surface area (Å²) < 4.78 is 10.4. The van der Waals surface area contributed by atoms with Gasteiger partial charge in [0.2, 0.25) is 5.88 Å². The minimum Gasteiger partial charge on any atom is -0.480 e. The van der Waals surface area contributed by atoms with Gasteiger partial charge in [0.25, 0.3) is 0 Å². The Hall–Kier alpha value is -0.810. The monoisotopic (exact) mass is 214 g/mol. The van der Waals surface area contributed by atoms with Gasteiger partial charge in [0.15, 0.2) is 5.13 Å². The zero-order valence-electron chi connectivity index (χ0n) is 8.61. The van der Waals surface area contributed by atoms with E-state index in [9.17, 15) is 0 Å². The quantitative estimate of drug-likeness (QED) is 0.705. The molecule has 0 amide bonds. The molecule has 5 heteroatoms. The normalized spacial score (nSPS) is 19.5. The van der Waals surface area contributed by atoms with Crippen LogP contribution in [0.15, 0.2) is 0 Å². The van der Waals surface area contributed by atoms with Gasteiger partial charge < -0.3 is 14.4 Å². The molecule has 2 heterocycles. The molecule has 0 spiro atoms. The fourth-order valence-corrected chi connectivity index (χ4v) is 2.22. The standard InChI is InChI=1S/C9H14N2O2S/c1-11(2)9-10-8(12-3)7(14-9)4-6-5-13-6/h6H,4-5H2,1-3H3. The van der Waals surface area contributed by atoms with Crippen LogP contribution in [-0.4, -0.2) is 38.9 Å². The molecule has 1 aromatic rings. The first-order valence-electron chi connectivity index (χ1n) is 4.53. The van der Waals surface area contributed by atoms with Crippen molar-refractivity contribution in [2.75, 3.05) is 32.7 Å². The average molecular weight is 214 g/mol. The summed E-state index contributed by atoms with van der Waals surface area (Å²) in [5.74, 6) is 0.745. The predicted octanol–water partition coefficient (Wildman–Crippen LogP) is 1.16. The van der Waals surface area contributed by atoms with Crippen LogP contribution in [0.2, 0.25) is 0 Å². The van der Waals surface area contributed by atoms with Crippen LogP contribution in [0.3, 0.4) is 0 Å². The van der Waals surface area contributed by atoms with Crippen molar-refractivity contribution < 1.29 is 9.47 Å². The van der Waals surface area contributed by atoms with Crippen molar-refractivity contribution in [2.24, 2.45) is 0 Å². The molecule has 1 unspecified atom stereocenters. The highest BCUT2D eigenvalue weighted by Gasteiger charge is 2.26. The molecular formula is C9H14N2O2S. The van der Waals surface area contributed by atoms with Gasteiger partial charge in [-0.3, -0.25) is 0 Å². The Labute approximate surface area is 87.5 Å². The highest BCUT2D eigenvalue weighted by molar-refractivity contribution is 7.15. The number of aromatic nitrogens is 1. The fraction of sp³-hybridized carbons (Fsp3) is 0.667. The molecule has 2 rings (SSSR count). The molecule has 1 aliphatic rings. The molecule has 1 saturated heterocycles. The SMILES string of the molecule is COc1nc(N(C)C)sc1CC1CO1. The first kappa shape index (κ1) is 9.73. The largest absolute Gasteiger partial charge is 0.480 e. The van der Waals surface area contributed by atoms with Gasteiger partial charge >= 0.3 is 0 Å². The topological polar surface area (TPSA) is 37.9 Å². The van der Waals surface area contributed by atoms with Gasteiger partial charge in [0.1, 0.15) is 0 Å². The smallest absolute Gasteiger partial charge is 0.229 e. The molecule has 1 aliphatic heterocycles. The van der Waals surface area contributed by atoms with Crippen LogP contribution < -0.4 is 9.64 Å². The van der Waals surface area contributed by atoms with Gasteiger partial charge in [-0.2, -0.15) is 4.98 Å². The minimum absolute atomic E-state index is 0.388. The van der Waals surface area contributed by atoms with Gasteiger partial charge in [-0.15, -0.1) is 0 Å². The minimum atomic E-state index is 0.388. The summed E-state index contributed by atoms with van der Waals surface area (Å²) in [4.78, 5) is 7.55. The van der Waals surface area contributed by atoms with Crippen molar-refractivity contribution in [3.05, 3.63) is 4.88 Å². The van der Waals surface area contributed by atoms with Crippen molar-refractivity contribution in [1.29, 1.82) is 0 Å². The van der Waals surface area contributed by atoms with Gasteiger partial charge in [0, 0.05) is 20.5 Å². The van der Waals surface area contributed by atoms with E-state index in [1.165, 1.54) is 4.88 Å². The molecule has 1 aromatic heterocycles. The maximum absolute atomic E-state index is 5.22. The van der Waals surface area contributed by atoms with Crippen LogP contribution in [0.1, 0.15) is 4.88 Å². The van der Waals surface area contributed by atoms with Gasteiger partial charge in [-0.1, -0.05) is 11.3 Å². The number of thiazole rings is 1. The lowest BCUT2D eigenvalue weighted by atomic mass is 10.3. The van der Waals surface area contributed by atoms with E-state index in [0.29, 0.717) is 6.10 Å². The first-order valence-corrected chi connectivity index (χ1v) is 5.35. The van der Waals surface area contributed by atoms with E-state index in [1.807, 2.05) is 19.0 Å². The van der Waals surface area contributed by atoms with E-state index in [1.54, 1.807) is 18.4 Å².